The molecular formula is C10H15BrO4S. The van der Waals surface area contributed by atoms with E-state index in [1.165, 1.54) is 6.26 Å². The molecule has 0 aliphatic carbocycles. The Kier molecular flexibility index (Phi) is 5.01. The van der Waals surface area contributed by atoms with Crippen LogP contribution in [0, 0.1) is 0 Å². The molecule has 0 spiro atoms. The second-order valence-corrected chi connectivity index (χ2v) is 6.85. The molecule has 0 bridgehead atoms. The lowest BCUT2D eigenvalue weighted by molar-refractivity contribution is 0.138. The highest BCUT2D eigenvalue weighted by Gasteiger charge is 2.16. The lowest BCUT2D eigenvalue weighted by Gasteiger charge is -2.08. The molecule has 0 saturated heterocycles. The summed E-state index contributed by atoms with van der Waals surface area (Å²) in [5, 5.41) is 9.74. The van der Waals surface area contributed by atoms with Gasteiger partial charge in [0.2, 0.25) is 0 Å². The summed E-state index contributed by atoms with van der Waals surface area (Å²) in [5.41, 5.74) is 0. The minimum atomic E-state index is -2.95. The maximum Gasteiger partial charge on any atom is 0.150 e. The SMILES string of the molecule is CCS(=O)(=O)CCCC(O)c1occc1Br. The molecule has 0 aliphatic heterocycles. The highest BCUT2D eigenvalue weighted by molar-refractivity contribution is 9.10. The zero-order valence-electron chi connectivity index (χ0n) is 9.02. The second kappa shape index (κ2) is 5.84. The number of sulfone groups is 1. The summed E-state index contributed by atoms with van der Waals surface area (Å²) in [5.74, 6) is 0.709. The molecule has 1 atom stereocenters. The third-order valence-electron chi connectivity index (χ3n) is 2.32. The van der Waals surface area contributed by atoms with Gasteiger partial charge in [0.05, 0.1) is 16.5 Å². The Bertz CT molecular complexity index is 424. The van der Waals surface area contributed by atoms with Gasteiger partial charge >= 0.3 is 0 Å². The van der Waals surface area contributed by atoms with Crippen LogP contribution in [0.3, 0.4) is 0 Å². The molecule has 16 heavy (non-hydrogen) atoms. The largest absolute Gasteiger partial charge is 0.465 e. The van der Waals surface area contributed by atoms with Gasteiger partial charge in [-0.15, -0.1) is 0 Å². The van der Waals surface area contributed by atoms with Crippen LogP contribution >= 0.6 is 15.9 Å². The highest BCUT2D eigenvalue weighted by Crippen LogP contribution is 2.27. The van der Waals surface area contributed by atoms with E-state index >= 15 is 0 Å². The van der Waals surface area contributed by atoms with Gasteiger partial charge in [-0.1, -0.05) is 6.92 Å². The smallest absolute Gasteiger partial charge is 0.150 e. The molecule has 4 nitrogen and oxygen atoms in total. The monoisotopic (exact) mass is 310 g/mol. The first-order chi connectivity index (χ1) is 7.46. The summed E-state index contributed by atoms with van der Waals surface area (Å²) < 4.78 is 28.2. The van der Waals surface area contributed by atoms with E-state index in [1.807, 2.05) is 0 Å². The maximum atomic E-state index is 11.2. The first-order valence-electron chi connectivity index (χ1n) is 5.07. The average molecular weight is 311 g/mol. The van der Waals surface area contributed by atoms with E-state index in [2.05, 4.69) is 15.9 Å². The van der Waals surface area contributed by atoms with Crippen molar-refractivity contribution in [2.24, 2.45) is 0 Å². The van der Waals surface area contributed by atoms with Crippen LogP contribution in [0.2, 0.25) is 0 Å². The van der Waals surface area contributed by atoms with E-state index < -0.39 is 15.9 Å². The van der Waals surface area contributed by atoms with Crippen LogP contribution in [-0.4, -0.2) is 25.0 Å². The van der Waals surface area contributed by atoms with Gasteiger partial charge < -0.3 is 9.52 Å². The van der Waals surface area contributed by atoms with E-state index in [4.69, 9.17) is 4.42 Å². The number of hydrogen-bond donors (Lipinski definition) is 1. The molecular weight excluding hydrogens is 296 g/mol. The van der Waals surface area contributed by atoms with Crippen LogP contribution in [0.5, 0.6) is 0 Å². The maximum absolute atomic E-state index is 11.2. The van der Waals surface area contributed by atoms with Crippen molar-refractivity contribution in [1.82, 2.24) is 0 Å². The molecule has 1 aromatic rings. The Morgan fingerprint density at radius 2 is 2.25 bits per heavy atom. The van der Waals surface area contributed by atoms with Crippen LogP contribution < -0.4 is 0 Å². The molecule has 1 rings (SSSR count). The number of aliphatic hydroxyl groups is 1. The number of furan rings is 1. The van der Waals surface area contributed by atoms with Crippen LogP contribution in [0.25, 0.3) is 0 Å². The minimum absolute atomic E-state index is 0.110. The van der Waals surface area contributed by atoms with Gasteiger partial charge in [0.1, 0.15) is 21.7 Å². The lowest BCUT2D eigenvalue weighted by Crippen LogP contribution is -2.10. The van der Waals surface area contributed by atoms with Crippen LogP contribution in [0.1, 0.15) is 31.6 Å². The number of rotatable bonds is 6. The molecule has 0 aromatic carbocycles. The predicted molar refractivity (Wildman–Crippen MR) is 64.9 cm³/mol. The van der Waals surface area contributed by atoms with Crippen molar-refractivity contribution in [2.45, 2.75) is 25.9 Å². The van der Waals surface area contributed by atoms with E-state index in [0.29, 0.717) is 23.1 Å². The number of aliphatic hydroxyl groups excluding tert-OH is 1. The molecule has 0 amide bonds. The standard InChI is InChI=1S/C10H15BrO4S/c1-2-16(13,14)7-3-4-9(12)10-8(11)5-6-15-10/h5-6,9,12H,2-4,7H2,1H3. The molecule has 0 radical (unpaired) electrons. The van der Waals surface area contributed by atoms with Gasteiger partial charge in [-0.3, -0.25) is 0 Å². The summed E-state index contributed by atoms with van der Waals surface area (Å²) in [6.07, 6.45) is 1.54. The molecule has 1 unspecified atom stereocenters. The van der Waals surface area contributed by atoms with Crippen molar-refractivity contribution in [2.75, 3.05) is 11.5 Å². The third kappa shape index (κ3) is 3.92. The van der Waals surface area contributed by atoms with Gasteiger partial charge in [0, 0.05) is 5.75 Å². The zero-order valence-corrected chi connectivity index (χ0v) is 11.4. The summed E-state index contributed by atoms with van der Waals surface area (Å²) in [7, 11) is -2.95. The van der Waals surface area contributed by atoms with E-state index in [1.54, 1.807) is 13.0 Å². The van der Waals surface area contributed by atoms with E-state index in [0.717, 1.165) is 0 Å². The van der Waals surface area contributed by atoms with Crippen molar-refractivity contribution >= 4 is 25.8 Å². The van der Waals surface area contributed by atoms with Crippen LogP contribution in [0.15, 0.2) is 21.2 Å². The Balaban J connectivity index is 2.43. The molecule has 1 N–H and O–H groups in total. The van der Waals surface area contributed by atoms with Crippen molar-refractivity contribution in [1.29, 1.82) is 0 Å². The fourth-order valence-electron chi connectivity index (χ4n) is 1.32. The lowest BCUT2D eigenvalue weighted by atomic mass is 10.2. The van der Waals surface area contributed by atoms with Crippen molar-refractivity contribution < 1.29 is 17.9 Å². The molecule has 1 heterocycles. The van der Waals surface area contributed by atoms with Gasteiger partial charge in [0.25, 0.3) is 0 Å². The van der Waals surface area contributed by atoms with E-state index in [9.17, 15) is 13.5 Å². The van der Waals surface area contributed by atoms with Crippen molar-refractivity contribution in [3.8, 4) is 0 Å². The average Bonchev–Trinajstić information content (AvgIpc) is 2.64. The number of halogens is 1. The van der Waals surface area contributed by atoms with E-state index in [-0.39, 0.29) is 11.5 Å². The Labute approximate surface area is 104 Å². The summed E-state index contributed by atoms with van der Waals surface area (Å²) in [6, 6.07) is 1.70. The molecule has 1 aromatic heterocycles. The Morgan fingerprint density at radius 1 is 1.56 bits per heavy atom. The van der Waals surface area contributed by atoms with Crippen molar-refractivity contribution in [3.63, 3.8) is 0 Å². The quantitative estimate of drug-likeness (QED) is 0.875. The van der Waals surface area contributed by atoms with Crippen LogP contribution in [-0.2, 0) is 9.84 Å². The molecule has 0 saturated carbocycles. The normalized spacial score (nSPS) is 13.9. The molecule has 0 fully saturated rings. The minimum Gasteiger partial charge on any atom is -0.465 e. The highest BCUT2D eigenvalue weighted by atomic mass is 79.9. The summed E-state index contributed by atoms with van der Waals surface area (Å²) in [6.45, 7) is 1.62. The predicted octanol–water partition coefficient (Wildman–Crippen LogP) is 2.29. The first kappa shape index (κ1) is 13.7. The Morgan fingerprint density at radius 3 is 2.75 bits per heavy atom. The molecule has 92 valence electrons. The van der Waals surface area contributed by atoms with Gasteiger partial charge in [0.15, 0.2) is 0 Å². The fourth-order valence-corrected chi connectivity index (χ4v) is 2.68. The zero-order chi connectivity index (χ0) is 12.2. The van der Waals surface area contributed by atoms with Gasteiger partial charge in [-0.25, -0.2) is 8.42 Å². The van der Waals surface area contributed by atoms with Gasteiger partial charge in [-0.2, -0.15) is 0 Å². The first-order valence-corrected chi connectivity index (χ1v) is 7.69. The number of hydrogen-bond acceptors (Lipinski definition) is 4. The second-order valence-electron chi connectivity index (χ2n) is 3.53. The fraction of sp³-hybridized carbons (Fsp3) is 0.600. The molecule has 0 aliphatic rings. The van der Waals surface area contributed by atoms with Crippen molar-refractivity contribution in [3.05, 3.63) is 22.6 Å². The third-order valence-corrected chi connectivity index (χ3v) is 4.77. The molecule has 6 heteroatoms. The summed E-state index contributed by atoms with van der Waals surface area (Å²) in [4.78, 5) is 0. The van der Waals surface area contributed by atoms with Crippen LogP contribution in [0.4, 0.5) is 0 Å². The Hall–Kier alpha value is -0.330. The summed E-state index contributed by atoms with van der Waals surface area (Å²) >= 11 is 3.24. The van der Waals surface area contributed by atoms with Gasteiger partial charge in [-0.05, 0) is 34.8 Å². The topological polar surface area (TPSA) is 67.5 Å².